The van der Waals surface area contributed by atoms with Gasteiger partial charge in [-0.3, -0.25) is 19.0 Å². The first kappa shape index (κ1) is 28.0. The number of ketones is 1. The van der Waals surface area contributed by atoms with Gasteiger partial charge in [0.15, 0.2) is 0 Å². The molecule has 2 aliphatic rings. The van der Waals surface area contributed by atoms with Gasteiger partial charge in [0, 0.05) is 30.5 Å². The van der Waals surface area contributed by atoms with Crippen molar-refractivity contribution in [1.82, 2.24) is 29.4 Å². The average Bonchev–Trinajstić information content (AvgIpc) is 3.73. The third-order valence-corrected chi connectivity index (χ3v) is 9.16. The summed E-state index contributed by atoms with van der Waals surface area (Å²) in [5, 5.41) is 11.9. The molecule has 1 N–H and O–H groups in total. The van der Waals surface area contributed by atoms with Crippen LogP contribution in [0, 0.1) is 12.7 Å². The van der Waals surface area contributed by atoms with E-state index >= 15 is 0 Å². The molecular formula is C28H29FN6O6S. The summed E-state index contributed by atoms with van der Waals surface area (Å²) in [6.07, 6.45) is 3.82. The van der Waals surface area contributed by atoms with Crippen LogP contribution in [0.4, 0.5) is 4.39 Å². The Bertz CT molecular complexity index is 1780. The molecule has 2 fully saturated rings. The van der Waals surface area contributed by atoms with Crippen LogP contribution < -0.4 is 21.3 Å². The van der Waals surface area contributed by atoms with Crippen molar-refractivity contribution in [3.63, 3.8) is 0 Å². The minimum absolute atomic E-state index is 0.111. The molecule has 0 spiro atoms. The van der Waals surface area contributed by atoms with Crippen LogP contribution in [0.1, 0.15) is 55.4 Å². The van der Waals surface area contributed by atoms with E-state index in [2.05, 4.69) is 15.5 Å². The highest BCUT2D eigenvalue weighted by Gasteiger charge is 2.33. The second-order valence-electron chi connectivity index (χ2n) is 10.4. The molecule has 0 radical (unpaired) electrons. The average molecular weight is 597 g/mol. The summed E-state index contributed by atoms with van der Waals surface area (Å²) in [5.41, 5.74) is -0.317. The lowest BCUT2D eigenvalue weighted by Crippen LogP contribution is -2.44. The fourth-order valence-electron chi connectivity index (χ4n) is 5.75. The second-order valence-corrected chi connectivity index (χ2v) is 11.4. The predicted molar refractivity (Wildman–Crippen MR) is 151 cm³/mol. The Morgan fingerprint density at radius 1 is 1.12 bits per heavy atom. The Morgan fingerprint density at radius 2 is 1.86 bits per heavy atom. The molecule has 1 amide bonds. The molecule has 1 aromatic carbocycles. The number of rotatable bonds is 8. The topological polar surface area (TPSA) is 139 Å². The first-order chi connectivity index (χ1) is 20.3. The van der Waals surface area contributed by atoms with Crippen LogP contribution in [0.25, 0.3) is 15.2 Å². The van der Waals surface area contributed by atoms with Gasteiger partial charge in [0.1, 0.15) is 39.3 Å². The lowest BCUT2D eigenvalue weighted by Gasteiger charge is -2.29. The van der Waals surface area contributed by atoms with E-state index in [4.69, 9.17) is 9.47 Å². The summed E-state index contributed by atoms with van der Waals surface area (Å²) in [7, 11) is 1.46. The third-order valence-electron chi connectivity index (χ3n) is 7.88. The molecule has 4 aromatic rings. The van der Waals surface area contributed by atoms with E-state index in [1.807, 2.05) is 0 Å². The smallest absolute Gasteiger partial charge is 0.332 e. The first-order valence-electron chi connectivity index (χ1n) is 13.7. The number of hydrogen-bond acceptors (Lipinski definition) is 9. The molecule has 6 rings (SSSR count). The number of Topliss-reactive ketones (excluding diaryl/α,β-unsaturated/α-hetero) is 1. The van der Waals surface area contributed by atoms with Gasteiger partial charge in [-0.2, -0.15) is 10.2 Å². The Labute approximate surface area is 242 Å². The number of carbonyl (C=O) groups is 2. The highest BCUT2D eigenvalue weighted by molar-refractivity contribution is 7.21. The molecule has 1 saturated heterocycles. The summed E-state index contributed by atoms with van der Waals surface area (Å²) in [6, 6.07) is 3.09. The molecule has 12 nitrogen and oxygen atoms in total. The number of nitrogens with zero attached hydrogens (tertiary/aromatic N) is 5. The van der Waals surface area contributed by atoms with Crippen molar-refractivity contribution in [2.24, 2.45) is 0 Å². The van der Waals surface area contributed by atoms with E-state index in [1.165, 1.54) is 58.4 Å². The zero-order valence-corrected chi connectivity index (χ0v) is 23.9. The summed E-state index contributed by atoms with van der Waals surface area (Å²) < 4.78 is 29.1. The van der Waals surface area contributed by atoms with Crippen LogP contribution in [-0.4, -0.2) is 55.6 Å². The zero-order chi connectivity index (χ0) is 29.5. The number of carbonyl (C=O) groups excluding carboxylic acids is 2. The fourth-order valence-corrected chi connectivity index (χ4v) is 6.97. The molecule has 1 saturated carbocycles. The van der Waals surface area contributed by atoms with Crippen LogP contribution in [-0.2, 0) is 20.9 Å². The van der Waals surface area contributed by atoms with Gasteiger partial charge in [-0.15, -0.1) is 4.80 Å². The molecule has 4 heterocycles. The number of halogens is 1. The SMILES string of the molecule is COc1ccc(F)cc1[C@H](Cn1c(=O)n([C@@H]2CCNC2=O)c(=O)c2c(C)c(-n3nccn3)sc21)OC1CCC(=O)CC1. The Hall–Kier alpha value is -4.17. The summed E-state index contributed by atoms with van der Waals surface area (Å²) >= 11 is 1.17. The maximum Gasteiger partial charge on any atom is 0.332 e. The largest absolute Gasteiger partial charge is 0.496 e. The first-order valence-corrected chi connectivity index (χ1v) is 14.5. The van der Waals surface area contributed by atoms with Crippen LogP contribution >= 0.6 is 11.3 Å². The maximum atomic E-state index is 14.6. The minimum Gasteiger partial charge on any atom is -0.496 e. The van der Waals surface area contributed by atoms with E-state index in [0.717, 1.165) is 4.57 Å². The van der Waals surface area contributed by atoms with Crippen LogP contribution in [0.2, 0.25) is 0 Å². The van der Waals surface area contributed by atoms with Gasteiger partial charge in [0.05, 0.1) is 37.5 Å². The van der Waals surface area contributed by atoms with E-state index in [9.17, 15) is 23.6 Å². The molecule has 1 aliphatic carbocycles. The predicted octanol–water partition coefficient (Wildman–Crippen LogP) is 2.59. The number of fused-ring (bicyclic) bond motifs is 1. The number of ether oxygens (including phenoxy) is 2. The summed E-state index contributed by atoms with van der Waals surface area (Å²) in [6.45, 7) is 1.97. The van der Waals surface area contributed by atoms with Gasteiger partial charge in [0.2, 0.25) is 5.91 Å². The molecule has 42 heavy (non-hydrogen) atoms. The van der Waals surface area contributed by atoms with E-state index in [1.54, 1.807) is 6.92 Å². The number of methoxy groups -OCH3 is 1. The molecule has 3 aromatic heterocycles. The van der Waals surface area contributed by atoms with Crippen molar-refractivity contribution in [3.05, 3.63) is 68.4 Å². The molecule has 0 bridgehead atoms. The molecule has 0 unspecified atom stereocenters. The van der Waals surface area contributed by atoms with Crippen LogP contribution in [0.15, 0.2) is 40.2 Å². The maximum absolute atomic E-state index is 14.6. The fraction of sp³-hybridized carbons (Fsp3) is 0.429. The number of aromatic nitrogens is 5. The van der Waals surface area contributed by atoms with E-state index in [-0.39, 0.29) is 30.2 Å². The third kappa shape index (κ3) is 4.94. The Balaban J connectivity index is 1.55. The molecule has 14 heteroatoms. The van der Waals surface area contributed by atoms with Crippen molar-refractivity contribution in [1.29, 1.82) is 0 Å². The lowest BCUT2D eigenvalue weighted by molar-refractivity contribution is -0.125. The Morgan fingerprint density at radius 3 is 2.52 bits per heavy atom. The number of thiophene rings is 1. The molecule has 220 valence electrons. The number of aryl methyl sites for hydroxylation is 1. The van der Waals surface area contributed by atoms with Crippen molar-refractivity contribution in [2.45, 2.75) is 63.8 Å². The van der Waals surface area contributed by atoms with Crippen LogP contribution in [0.3, 0.4) is 0 Å². The van der Waals surface area contributed by atoms with Gasteiger partial charge in [-0.25, -0.2) is 13.8 Å². The summed E-state index contributed by atoms with van der Waals surface area (Å²) in [4.78, 5) is 54.4. The second kappa shape index (κ2) is 11.2. The van der Waals surface area contributed by atoms with E-state index in [0.29, 0.717) is 58.9 Å². The zero-order valence-electron chi connectivity index (χ0n) is 23.0. The highest BCUT2D eigenvalue weighted by atomic mass is 32.1. The van der Waals surface area contributed by atoms with Crippen molar-refractivity contribution < 1.29 is 23.5 Å². The number of nitrogens with one attached hydrogen (secondary N) is 1. The number of amides is 1. The van der Waals surface area contributed by atoms with Gasteiger partial charge in [-0.1, -0.05) is 11.3 Å². The highest BCUT2D eigenvalue weighted by Crippen LogP contribution is 2.36. The van der Waals surface area contributed by atoms with E-state index < -0.39 is 35.1 Å². The van der Waals surface area contributed by atoms with Gasteiger partial charge in [-0.05, 0) is 44.4 Å². The normalized spacial score (nSPS) is 18.5. The standard InChI is InChI=1S/C28H29FN6O6S/c1-15-23-25(38)34(20-9-10-30-24(20)37)28(39)33(27(23)42-26(15)35-31-11-12-32-35)14-22(41-18-6-4-17(36)5-7-18)19-13-16(29)3-8-21(19)40-2/h3,8,11-13,18,20,22H,4-7,9-10,14H2,1-2H3,(H,30,37)/t20-,22+/m1/s1. The van der Waals surface area contributed by atoms with Crippen molar-refractivity contribution >= 4 is 33.2 Å². The molecule has 1 aliphatic heterocycles. The quantitative estimate of drug-likeness (QED) is 0.328. The van der Waals surface area contributed by atoms with Crippen molar-refractivity contribution in [3.8, 4) is 10.8 Å². The van der Waals surface area contributed by atoms with Crippen molar-refractivity contribution in [2.75, 3.05) is 13.7 Å². The monoisotopic (exact) mass is 596 g/mol. The van der Waals surface area contributed by atoms with Crippen LogP contribution in [0.5, 0.6) is 5.75 Å². The molecular weight excluding hydrogens is 567 g/mol. The number of benzene rings is 1. The van der Waals surface area contributed by atoms with Gasteiger partial charge in [0.25, 0.3) is 5.56 Å². The lowest BCUT2D eigenvalue weighted by atomic mass is 9.96. The van der Waals surface area contributed by atoms with Gasteiger partial charge >= 0.3 is 5.69 Å². The van der Waals surface area contributed by atoms with Gasteiger partial charge < -0.3 is 14.8 Å². The summed E-state index contributed by atoms with van der Waals surface area (Å²) in [5.74, 6) is -0.399. The minimum atomic E-state index is -0.973. The Kier molecular flexibility index (Phi) is 7.49. The molecule has 2 atom stereocenters. The number of hydrogen-bond donors (Lipinski definition) is 1.